The van der Waals surface area contributed by atoms with Crippen molar-refractivity contribution in [2.45, 2.75) is 31.9 Å². The lowest BCUT2D eigenvalue weighted by Crippen LogP contribution is -2.29. The Bertz CT molecular complexity index is 652. The molecule has 1 saturated heterocycles. The molecule has 0 aliphatic carbocycles. The fraction of sp³-hybridized carbons (Fsp3) is 0.368. The second-order valence-corrected chi connectivity index (χ2v) is 6.21. The zero-order chi connectivity index (χ0) is 16.8. The highest BCUT2D eigenvalue weighted by atomic mass is 16.3. The number of amides is 1. The van der Waals surface area contributed by atoms with Crippen LogP contribution in [0, 0.1) is 0 Å². The molecule has 1 aliphatic rings. The summed E-state index contributed by atoms with van der Waals surface area (Å²) in [6.45, 7) is 3.28. The van der Waals surface area contributed by atoms with E-state index in [-0.39, 0.29) is 0 Å². The zero-order valence-corrected chi connectivity index (χ0v) is 13.7. The highest BCUT2D eigenvalue weighted by molar-refractivity contribution is 5.94. The predicted octanol–water partition coefficient (Wildman–Crippen LogP) is 2.74. The van der Waals surface area contributed by atoms with Gasteiger partial charge in [-0.15, -0.1) is 0 Å². The lowest BCUT2D eigenvalue weighted by atomic mass is 10.1. The predicted molar refractivity (Wildman–Crippen MR) is 93.4 cm³/mol. The average Bonchev–Trinajstić information content (AvgIpc) is 2.64. The smallest absolute Gasteiger partial charge is 0.257 e. The number of aliphatic hydroxyl groups excluding tert-OH is 1. The number of carbonyl (C=O) groups excluding carboxylic acids is 1. The molecule has 2 aromatic rings. The quantitative estimate of drug-likeness (QED) is 0.887. The third-order valence-corrected chi connectivity index (χ3v) is 4.32. The van der Waals surface area contributed by atoms with Gasteiger partial charge in [-0.2, -0.15) is 0 Å². The molecule has 3 rings (SSSR count). The maximum absolute atomic E-state index is 12.1. The van der Waals surface area contributed by atoms with Gasteiger partial charge in [0.05, 0.1) is 0 Å². The van der Waals surface area contributed by atoms with Crippen molar-refractivity contribution in [3.05, 3.63) is 59.9 Å². The summed E-state index contributed by atoms with van der Waals surface area (Å²) in [6, 6.07) is 11.2. The molecule has 0 radical (unpaired) electrons. The molecule has 0 spiro atoms. The number of rotatable bonds is 5. The lowest BCUT2D eigenvalue weighted by molar-refractivity contribution is -0.124. The molecule has 1 aromatic carbocycles. The zero-order valence-electron chi connectivity index (χ0n) is 13.7. The molecule has 0 bridgehead atoms. The van der Waals surface area contributed by atoms with E-state index in [1.807, 2.05) is 24.3 Å². The number of pyridine rings is 1. The number of likely N-dealkylation sites (tertiary alicyclic amines) is 1. The molecule has 0 saturated carbocycles. The van der Waals surface area contributed by atoms with Gasteiger partial charge >= 0.3 is 0 Å². The first-order valence-electron chi connectivity index (χ1n) is 8.42. The van der Waals surface area contributed by atoms with Crippen LogP contribution >= 0.6 is 0 Å². The number of hydrogen-bond donors (Lipinski definition) is 2. The van der Waals surface area contributed by atoms with Crippen LogP contribution in [0.1, 0.15) is 36.5 Å². The van der Waals surface area contributed by atoms with Gasteiger partial charge in [-0.05, 0) is 49.7 Å². The van der Waals surface area contributed by atoms with Crippen LogP contribution in [0.15, 0.2) is 48.8 Å². The maximum atomic E-state index is 12.1. The summed E-state index contributed by atoms with van der Waals surface area (Å²) in [5, 5.41) is 12.8. The van der Waals surface area contributed by atoms with Crippen molar-refractivity contribution in [2.24, 2.45) is 0 Å². The van der Waals surface area contributed by atoms with Crippen LogP contribution in [0.25, 0.3) is 0 Å². The van der Waals surface area contributed by atoms with Crippen molar-refractivity contribution in [1.82, 2.24) is 9.88 Å². The molecule has 1 aliphatic heterocycles. The van der Waals surface area contributed by atoms with E-state index >= 15 is 0 Å². The van der Waals surface area contributed by atoms with Crippen LogP contribution < -0.4 is 5.32 Å². The first-order chi connectivity index (χ1) is 11.7. The molecule has 1 atom stereocenters. The van der Waals surface area contributed by atoms with Gasteiger partial charge < -0.3 is 10.4 Å². The molecule has 1 amide bonds. The molecule has 5 heteroatoms. The monoisotopic (exact) mass is 325 g/mol. The number of piperidine rings is 1. The number of nitrogens with zero attached hydrogens (tertiary/aromatic N) is 2. The highest BCUT2D eigenvalue weighted by Gasteiger charge is 2.17. The topological polar surface area (TPSA) is 65.5 Å². The van der Waals surface area contributed by atoms with Crippen molar-refractivity contribution < 1.29 is 9.90 Å². The second-order valence-electron chi connectivity index (χ2n) is 6.21. The molecule has 1 unspecified atom stereocenters. The van der Waals surface area contributed by atoms with E-state index in [1.165, 1.54) is 31.0 Å². The second kappa shape index (κ2) is 8.04. The Labute approximate surface area is 142 Å². The largest absolute Gasteiger partial charge is 0.378 e. The minimum atomic E-state index is -1.22. The molecule has 1 fully saturated rings. The molecule has 2 N–H and O–H groups in total. The van der Waals surface area contributed by atoms with E-state index in [2.05, 4.69) is 15.2 Å². The van der Waals surface area contributed by atoms with E-state index in [9.17, 15) is 9.90 Å². The average molecular weight is 325 g/mol. The molecule has 5 nitrogen and oxygen atoms in total. The van der Waals surface area contributed by atoms with Gasteiger partial charge in [0.1, 0.15) is 0 Å². The van der Waals surface area contributed by atoms with Crippen LogP contribution in [-0.2, 0) is 11.3 Å². The van der Waals surface area contributed by atoms with Gasteiger partial charge in [0, 0.05) is 30.2 Å². The normalized spacial score (nSPS) is 16.5. The summed E-state index contributed by atoms with van der Waals surface area (Å²) in [7, 11) is 0. The Balaban J connectivity index is 1.56. The van der Waals surface area contributed by atoms with Gasteiger partial charge in [0.2, 0.25) is 0 Å². The van der Waals surface area contributed by atoms with Gasteiger partial charge in [-0.1, -0.05) is 24.6 Å². The third-order valence-electron chi connectivity index (χ3n) is 4.32. The first kappa shape index (κ1) is 16.6. The number of anilines is 1. The van der Waals surface area contributed by atoms with Crippen molar-refractivity contribution in [2.75, 3.05) is 18.4 Å². The van der Waals surface area contributed by atoms with Crippen molar-refractivity contribution in [3.8, 4) is 0 Å². The van der Waals surface area contributed by atoms with Crippen LogP contribution in [-0.4, -0.2) is 34.0 Å². The van der Waals surface area contributed by atoms with Crippen molar-refractivity contribution in [3.63, 3.8) is 0 Å². The summed E-state index contributed by atoms with van der Waals surface area (Å²) in [6.07, 6.45) is 5.77. The summed E-state index contributed by atoms with van der Waals surface area (Å²) in [5.41, 5.74) is 2.41. The Hall–Kier alpha value is -2.24. The van der Waals surface area contributed by atoms with Crippen LogP contribution in [0.2, 0.25) is 0 Å². The number of aliphatic hydroxyl groups is 1. The number of aromatic nitrogens is 1. The maximum Gasteiger partial charge on any atom is 0.257 e. The van der Waals surface area contributed by atoms with E-state index in [0.29, 0.717) is 11.3 Å². The first-order valence-corrected chi connectivity index (χ1v) is 8.42. The van der Waals surface area contributed by atoms with Crippen LogP contribution in [0.4, 0.5) is 5.69 Å². The molecule has 1 aromatic heterocycles. The van der Waals surface area contributed by atoms with E-state index in [1.54, 1.807) is 18.3 Å². The molecule has 126 valence electrons. The lowest BCUT2D eigenvalue weighted by Gasteiger charge is -2.26. The Morgan fingerprint density at radius 2 is 1.92 bits per heavy atom. The van der Waals surface area contributed by atoms with E-state index in [4.69, 9.17) is 0 Å². The van der Waals surface area contributed by atoms with E-state index < -0.39 is 12.0 Å². The highest BCUT2D eigenvalue weighted by Crippen LogP contribution is 2.17. The Kier molecular flexibility index (Phi) is 5.56. The number of hydrogen-bond acceptors (Lipinski definition) is 4. The van der Waals surface area contributed by atoms with Crippen molar-refractivity contribution >= 4 is 11.6 Å². The van der Waals surface area contributed by atoms with Gasteiger partial charge in [-0.3, -0.25) is 14.7 Å². The van der Waals surface area contributed by atoms with Gasteiger partial charge in [0.25, 0.3) is 5.91 Å². The SMILES string of the molecule is O=C(Nc1ccc(CN2CCCCC2)cc1)C(O)c1cccnc1. The van der Waals surface area contributed by atoms with Crippen LogP contribution in [0.5, 0.6) is 0 Å². The standard InChI is InChI=1S/C19H23N3O2/c23-18(16-5-4-10-20-13-16)19(24)21-17-8-6-15(7-9-17)14-22-11-2-1-3-12-22/h4-10,13,18,23H,1-3,11-12,14H2,(H,21,24). The number of benzene rings is 1. The minimum absolute atomic E-state index is 0.452. The summed E-state index contributed by atoms with van der Waals surface area (Å²) in [5.74, 6) is -0.452. The van der Waals surface area contributed by atoms with Crippen molar-refractivity contribution in [1.29, 1.82) is 0 Å². The van der Waals surface area contributed by atoms with Gasteiger partial charge in [-0.25, -0.2) is 0 Å². The Morgan fingerprint density at radius 1 is 1.17 bits per heavy atom. The van der Waals surface area contributed by atoms with E-state index in [0.717, 1.165) is 19.6 Å². The molecular formula is C19H23N3O2. The molecule has 24 heavy (non-hydrogen) atoms. The molecule has 2 heterocycles. The third kappa shape index (κ3) is 4.40. The summed E-state index contributed by atoms with van der Waals surface area (Å²) >= 11 is 0. The van der Waals surface area contributed by atoms with Crippen LogP contribution in [0.3, 0.4) is 0 Å². The summed E-state index contributed by atoms with van der Waals surface area (Å²) < 4.78 is 0. The number of carbonyl (C=O) groups is 1. The summed E-state index contributed by atoms with van der Waals surface area (Å²) in [4.78, 5) is 18.5. The number of nitrogens with one attached hydrogen (secondary N) is 1. The molecular weight excluding hydrogens is 302 g/mol. The fourth-order valence-electron chi connectivity index (χ4n) is 2.97. The fourth-order valence-corrected chi connectivity index (χ4v) is 2.97. The minimum Gasteiger partial charge on any atom is -0.378 e. The van der Waals surface area contributed by atoms with Gasteiger partial charge in [0.15, 0.2) is 6.10 Å². The Morgan fingerprint density at radius 3 is 2.58 bits per heavy atom.